The van der Waals surface area contributed by atoms with Crippen molar-refractivity contribution in [2.45, 2.75) is 57.7 Å². The first kappa shape index (κ1) is 14.1. The van der Waals surface area contributed by atoms with Crippen LogP contribution in [0.5, 0.6) is 0 Å². The summed E-state index contributed by atoms with van der Waals surface area (Å²) in [4.78, 5) is 25.6. The van der Waals surface area contributed by atoms with Crippen LogP contribution in [0.25, 0.3) is 0 Å². The van der Waals surface area contributed by atoms with Gasteiger partial charge in [0.2, 0.25) is 11.8 Å². The van der Waals surface area contributed by atoms with Gasteiger partial charge in [-0.15, -0.1) is 0 Å². The zero-order valence-corrected chi connectivity index (χ0v) is 12.4. The molecule has 6 nitrogen and oxygen atoms in total. The maximum Gasteiger partial charge on any atom is 0.243 e. The molecule has 0 radical (unpaired) electrons. The number of hydrogen-bond donors (Lipinski definition) is 1. The third-order valence-corrected chi connectivity index (χ3v) is 4.49. The van der Waals surface area contributed by atoms with Gasteiger partial charge in [-0.3, -0.25) is 14.3 Å². The van der Waals surface area contributed by atoms with Crippen LogP contribution in [0.4, 0.5) is 0 Å². The van der Waals surface area contributed by atoms with E-state index in [9.17, 15) is 9.59 Å². The molecule has 3 rings (SSSR count). The number of amides is 2. The third-order valence-electron chi connectivity index (χ3n) is 4.49. The van der Waals surface area contributed by atoms with Gasteiger partial charge < -0.3 is 10.2 Å². The number of nitrogens with one attached hydrogen (secondary N) is 1. The second-order valence-electron chi connectivity index (χ2n) is 5.89. The first-order valence-electron chi connectivity index (χ1n) is 7.80. The van der Waals surface area contributed by atoms with Crippen LogP contribution in [0.15, 0.2) is 12.3 Å². The van der Waals surface area contributed by atoms with E-state index >= 15 is 0 Å². The Labute approximate surface area is 124 Å². The molecule has 1 aromatic rings. The molecule has 1 saturated heterocycles. The van der Waals surface area contributed by atoms with Crippen molar-refractivity contribution in [2.24, 2.45) is 0 Å². The molecule has 1 aliphatic heterocycles. The lowest BCUT2D eigenvalue weighted by molar-refractivity contribution is -0.146. The summed E-state index contributed by atoms with van der Waals surface area (Å²) >= 11 is 0. The van der Waals surface area contributed by atoms with Crippen molar-refractivity contribution in [2.75, 3.05) is 6.54 Å². The van der Waals surface area contributed by atoms with Crippen LogP contribution in [0.1, 0.15) is 50.8 Å². The highest BCUT2D eigenvalue weighted by molar-refractivity contribution is 5.94. The van der Waals surface area contributed by atoms with Gasteiger partial charge in [0.25, 0.3) is 0 Å². The Kier molecular flexibility index (Phi) is 3.94. The van der Waals surface area contributed by atoms with Crippen molar-refractivity contribution in [1.29, 1.82) is 0 Å². The van der Waals surface area contributed by atoms with Crippen LogP contribution in [-0.4, -0.2) is 39.1 Å². The summed E-state index contributed by atoms with van der Waals surface area (Å²) < 4.78 is 2.03. The molecule has 6 heteroatoms. The van der Waals surface area contributed by atoms with Gasteiger partial charge in [-0.25, -0.2) is 0 Å². The van der Waals surface area contributed by atoms with Gasteiger partial charge in [0.05, 0.1) is 24.8 Å². The molecule has 1 unspecified atom stereocenters. The van der Waals surface area contributed by atoms with E-state index in [0.717, 1.165) is 5.69 Å². The van der Waals surface area contributed by atoms with E-state index in [1.54, 1.807) is 4.90 Å². The van der Waals surface area contributed by atoms with Gasteiger partial charge in [-0.05, 0) is 25.3 Å². The Morgan fingerprint density at radius 1 is 1.33 bits per heavy atom. The van der Waals surface area contributed by atoms with E-state index in [4.69, 9.17) is 0 Å². The summed E-state index contributed by atoms with van der Waals surface area (Å²) in [6, 6.07) is 2.09. The molecule has 2 aliphatic rings. The monoisotopic (exact) mass is 290 g/mol. The van der Waals surface area contributed by atoms with Gasteiger partial charge in [0, 0.05) is 6.20 Å². The van der Waals surface area contributed by atoms with E-state index < -0.39 is 0 Å². The van der Waals surface area contributed by atoms with Crippen LogP contribution in [0.2, 0.25) is 0 Å². The highest BCUT2D eigenvalue weighted by atomic mass is 16.2. The minimum Gasteiger partial charge on any atom is -0.345 e. The lowest BCUT2D eigenvalue weighted by atomic mass is 10.1. The standard InChI is InChI=1S/C15H22N4O2/c1-2-13-15(21)16-9-14(20)18(13)10-11-7-8-19(17-11)12-5-3-4-6-12/h7-8,12-13H,2-6,9-10H2,1H3,(H,16,21). The molecule has 2 heterocycles. The summed E-state index contributed by atoms with van der Waals surface area (Å²) in [6.45, 7) is 2.44. The predicted octanol–water partition coefficient (Wildman–Crippen LogP) is 1.24. The van der Waals surface area contributed by atoms with Crippen LogP contribution in [-0.2, 0) is 16.1 Å². The summed E-state index contributed by atoms with van der Waals surface area (Å²) in [7, 11) is 0. The third kappa shape index (κ3) is 2.80. The topological polar surface area (TPSA) is 67.2 Å². The minimum atomic E-state index is -0.372. The average Bonchev–Trinajstić information content (AvgIpc) is 3.14. The first-order chi connectivity index (χ1) is 10.2. The van der Waals surface area contributed by atoms with Crippen LogP contribution < -0.4 is 5.32 Å². The second-order valence-corrected chi connectivity index (χ2v) is 5.89. The Morgan fingerprint density at radius 3 is 2.81 bits per heavy atom. The van der Waals surface area contributed by atoms with Gasteiger partial charge in [-0.1, -0.05) is 19.8 Å². The van der Waals surface area contributed by atoms with E-state index in [1.165, 1.54) is 25.7 Å². The molecular formula is C15H22N4O2. The van der Waals surface area contributed by atoms with Gasteiger partial charge >= 0.3 is 0 Å². The Morgan fingerprint density at radius 2 is 2.10 bits per heavy atom. The molecular weight excluding hydrogens is 268 g/mol. The highest BCUT2D eigenvalue weighted by Crippen LogP contribution is 2.28. The Hall–Kier alpha value is -1.85. The Bertz CT molecular complexity index is 534. The highest BCUT2D eigenvalue weighted by Gasteiger charge is 2.33. The van der Waals surface area contributed by atoms with Crippen molar-refractivity contribution < 1.29 is 9.59 Å². The quantitative estimate of drug-likeness (QED) is 0.907. The maximum absolute atomic E-state index is 12.1. The molecule has 114 valence electrons. The fraction of sp³-hybridized carbons (Fsp3) is 0.667. The van der Waals surface area contributed by atoms with Crippen molar-refractivity contribution in [3.63, 3.8) is 0 Å². The van der Waals surface area contributed by atoms with E-state index in [2.05, 4.69) is 10.4 Å². The van der Waals surface area contributed by atoms with E-state index in [1.807, 2.05) is 23.9 Å². The molecule has 1 N–H and O–H groups in total. The molecule has 1 aromatic heterocycles. The molecule has 2 amide bonds. The zero-order valence-electron chi connectivity index (χ0n) is 12.4. The first-order valence-corrected chi connectivity index (χ1v) is 7.80. The Balaban J connectivity index is 1.72. The summed E-state index contributed by atoms with van der Waals surface area (Å²) in [5.41, 5.74) is 0.864. The molecule has 2 fully saturated rings. The fourth-order valence-electron chi connectivity index (χ4n) is 3.31. The van der Waals surface area contributed by atoms with Crippen LogP contribution in [0, 0.1) is 0 Å². The van der Waals surface area contributed by atoms with Crippen molar-refractivity contribution in [3.05, 3.63) is 18.0 Å². The summed E-state index contributed by atoms with van der Waals surface area (Å²) in [6.07, 6.45) is 7.53. The minimum absolute atomic E-state index is 0.0307. The summed E-state index contributed by atoms with van der Waals surface area (Å²) in [5, 5.41) is 7.25. The van der Waals surface area contributed by atoms with Gasteiger partial charge in [0.1, 0.15) is 6.04 Å². The molecule has 21 heavy (non-hydrogen) atoms. The van der Waals surface area contributed by atoms with E-state index in [0.29, 0.717) is 19.0 Å². The van der Waals surface area contributed by atoms with E-state index in [-0.39, 0.29) is 24.4 Å². The molecule has 0 bridgehead atoms. The number of piperazine rings is 1. The second kappa shape index (κ2) is 5.87. The maximum atomic E-state index is 12.1. The lowest BCUT2D eigenvalue weighted by Gasteiger charge is -2.33. The molecule has 1 atom stereocenters. The van der Waals surface area contributed by atoms with Crippen LogP contribution in [0.3, 0.4) is 0 Å². The molecule has 0 aromatic carbocycles. The fourth-order valence-corrected chi connectivity index (χ4v) is 3.31. The van der Waals surface area contributed by atoms with Gasteiger partial charge in [0.15, 0.2) is 0 Å². The van der Waals surface area contributed by atoms with Crippen molar-refractivity contribution in [3.8, 4) is 0 Å². The smallest absolute Gasteiger partial charge is 0.243 e. The van der Waals surface area contributed by atoms with Crippen molar-refractivity contribution >= 4 is 11.8 Å². The number of carbonyl (C=O) groups is 2. The largest absolute Gasteiger partial charge is 0.345 e. The SMILES string of the molecule is CCC1C(=O)NCC(=O)N1Cc1ccn(C2CCCC2)n1. The lowest BCUT2D eigenvalue weighted by Crippen LogP contribution is -2.57. The van der Waals surface area contributed by atoms with Crippen LogP contribution >= 0.6 is 0 Å². The molecule has 1 aliphatic carbocycles. The number of rotatable bonds is 4. The number of carbonyl (C=O) groups excluding carboxylic acids is 2. The predicted molar refractivity (Wildman–Crippen MR) is 77.4 cm³/mol. The number of nitrogens with zero attached hydrogens (tertiary/aromatic N) is 3. The normalized spacial score (nSPS) is 23.7. The molecule has 0 spiro atoms. The average molecular weight is 290 g/mol. The summed E-state index contributed by atoms with van der Waals surface area (Å²) in [5.74, 6) is -0.0933. The number of aromatic nitrogens is 2. The van der Waals surface area contributed by atoms with Gasteiger partial charge in [-0.2, -0.15) is 5.10 Å². The molecule has 1 saturated carbocycles. The number of hydrogen-bond acceptors (Lipinski definition) is 3. The van der Waals surface area contributed by atoms with Crippen molar-refractivity contribution in [1.82, 2.24) is 20.0 Å². The zero-order chi connectivity index (χ0) is 14.8.